The number of carbonyl (C=O) groups excluding carboxylic acids is 4. The van der Waals surface area contributed by atoms with Gasteiger partial charge in [0.15, 0.2) is 0 Å². The number of rotatable bonds is 8. The summed E-state index contributed by atoms with van der Waals surface area (Å²) in [6.07, 6.45) is 4.17. The highest BCUT2D eigenvalue weighted by atomic mass is 16.2. The topological polar surface area (TPSA) is 74.8 Å². The second-order valence-electron chi connectivity index (χ2n) is 12.4. The van der Waals surface area contributed by atoms with Crippen molar-refractivity contribution in [2.24, 2.45) is 47.3 Å². The van der Waals surface area contributed by atoms with Crippen molar-refractivity contribution in [1.29, 1.82) is 0 Å². The molecule has 8 nitrogen and oxygen atoms in total. The summed E-state index contributed by atoms with van der Waals surface area (Å²) in [5, 5.41) is 0. The Bertz CT molecular complexity index is 916. The van der Waals surface area contributed by atoms with E-state index in [0.29, 0.717) is 13.1 Å². The van der Waals surface area contributed by atoms with E-state index in [-0.39, 0.29) is 71.0 Å². The van der Waals surface area contributed by atoms with Crippen molar-refractivity contribution in [3.05, 3.63) is 12.2 Å². The van der Waals surface area contributed by atoms with E-state index < -0.39 is 0 Å². The van der Waals surface area contributed by atoms with Crippen molar-refractivity contribution in [3.8, 4) is 0 Å². The number of nitrogens with zero attached hydrogens (tertiary/aromatic N) is 4. The first-order valence-corrected chi connectivity index (χ1v) is 13.0. The minimum absolute atomic E-state index is 0.0101. The lowest BCUT2D eigenvalue weighted by molar-refractivity contribution is -0.887. The number of imide groups is 2. The molecule has 4 aliphatic carbocycles. The predicted octanol–water partition coefficient (Wildman–Crippen LogP) is 0.443. The number of quaternary nitrogens is 2. The minimum atomic E-state index is -0.366. The van der Waals surface area contributed by atoms with Gasteiger partial charge < -0.3 is 8.97 Å². The SMILES string of the molecule is CC[N+](C)(C)CCN1C(=O)C2C3C=CC(C2C1=O)C1C2C(=O)N(CC[N+](C)(C)CC)C(=O)C2C31. The summed E-state index contributed by atoms with van der Waals surface area (Å²) in [7, 11) is 8.42. The molecule has 2 aliphatic heterocycles. The van der Waals surface area contributed by atoms with Gasteiger partial charge in [-0.25, -0.2) is 0 Å². The summed E-state index contributed by atoms with van der Waals surface area (Å²) < 4.78 is 1.50. The zero-order chi connectivity index (χ0) is 24.7. The molecule has 2 bridgehead atoms. The van der Waals surface area contributed by atoms with Crippen molar-refractivity contribution in [2.45, 2.75) is 13.8 Å². The van der Waals surface area contributed by atoms with Crippen LogP contribution < -0.4 is 0 Å². The molecule has 2 heterocycles. The van der Waals surface area contributed by atoms with Crippen LogP contribution in [0.25, 0.3) is 0 Å². The molecule has 0 spiro atoms. The summed E-state index contributed by atoms with van der Waals surface area (Å²) in [6, 6.07) is 0. The van der Waals surface area contributed by atoms with Gasteiger partial charge in [-0.3, -0.25) is 29.0 Å². The van der Waals surface area contributed by atoms with Crippen molar-refractivity contribution >= 4 is 23.6 Å². The Labute approximate surface area is 202 Å². The van der Waals surface area contributed by atoms with Gasteiger partial charge in [-0.15, -0.1) is 0 Å². The number of likely N-dealkylation sites (N-methyl/N-ethyl adjacent to an activating group) is 2. The fraction of sp³-hybridized carbons (Fsp3) is 0.769. The normalized spacial score (nSPS) is 38.4. The first-order chi connectivity index (χ1) is 15.9. The number of hydrogen-bond donors (Lipinski definition) is 0. The molecule has 0 aromatic carbocycles. The monoisotopic (exact) mass is 472 g/mol. The van der Waals surface area contributed by atoms with Gasteiger partial charge in [0.05, 0.1) is 91.1 Å². The van der Waals surface area contributed by atoms with Crippen molar-refractivity contribution in [3.63, 3.8) is 0 Å². The summed E-state index contributed by atoms with van der Waals surface area (Å²) >= 11 is 0. The molecule has 34 heavy (non-hydrogen) atoms. The Morgan fingerprint density at radius 1 is 0.618 bits per heavy atom. The number of likely N-dealkylation sites (tertiary alicyclic amines) is 2. The maximum Gasteiger partial charge on any atom is 0.233 e. The number of amides is 4. The molecule has 0 aromatic rings. The van der Waals surface area contributed by atoms with E-state index >= 15 is 0 Å². The van der Waals surface area contributed by atoms with Gasteiger partial charge >= 0.3 is 0 Å². The smallest absolute Gasteiger partial charge is 0.233 e. The van der Waals surface area contributed by atoms with E-state index in [2.05, 4.69) is 54.2 Å². The van der Waals surface area contributed by atoms with Crippen LogP contribution in [0.2, 0.25) is 0 Å². The van der Waals surface area contributed by atoms with Gasteiger partial charge in [0.2, 0.25) is 23.6 Å². The number of allylic oxidation sites excluding steroid dienone is 2. The molecular formula is C26H40N4O4+2. The zero-order valence-corrected chi connectivity index (χ0v) is 21.4. The molecule has 8 heteroatoms. The number of carbonyl (C=O) groups is 4. The summed E-state index contributed by atoms with van der Waals surface area (Å²) in [5.41, 5.74) is 0. The molecule has 6 aliphatic rings. The van der Waals surface area contributed by atoms with Crippen LogP contribution in [0.4, 0.5) is 0 Å². The van der Waals surface area contributed by atoms with Crippen molar-refractivity contribution in [2.75, 3.05) is 67.5 Å². The van der Waals surface area contributed by atoms with Crippen LogP contribution in [-0.2, 0) is 19.2 Å². The van der Waals surface area contributed by atoms with Gasteiger partial charge in [0.1, 0.15) is 0 Å². The van der Waals surface area contributed by atoms with Crippen LogP contribution in [0.15, 0.2) is 12.2 Å². The molecule has 8 atom stereocenters. The summed E-state index contributed by atoms with van der Waals surface area (Å²) in [4.78, 5) is 56.7. The Balaban J connectivity index is 1.36. The van der Waals surface area contributed by atoms with Crippen LogP contribution in [0.3, 0.4) is 0 Å². The molecule has 0 radical (unpaired) electrons. The number of fused-ring (bicyclic) bond motifs is 1. The quantitative estimate of drug-likeness (QED) is 0.292. The van der Waals surface area contributed by atoms with Crippen LogP contribution >= 0.6 is 0 Å². The van der Waals surface area contributed by atoms with Crippen LogP contribution in [-0.4, -0.2) is 110 Å². The second kappa shape index (κ2) is 7.72. The third-order valence-electron chi connectivity index (χ3n) is 10.1. The van der Waals surface area contributed by atoms with E-state index in [0.717, 1.165) is 35.1 Å². The zero-order valence-electron chi connectivity index (χ0n) is 21.4. The average molecular weight is 473 g/mol. The first kappa shape index (κ1) is 23.7. The van der Waals surface area contributed by atoms with E-state index in [1.54, 1.807) is 0 Å². The van der Waals surface area contributed by atoms with Gasteiger partial charge in [0, 0.05) is 0 Å². The number of hydrogen-bond acceptors (Lipinski definition) is 4. The molecule has 0 aromatic heterocycles. The van der Waals surface area contributed by atoms with E-state index in [4.69, 9.17) is 0 Å². The third-order valence-corrected chi connectivity index (χ3v) is 10.1. The Kier molecular flexibility index (Phi) is 5.37. The van der Waals surface area contributed by atoms with E-state index in [9.17, 15) is 19.2 Å². The molecule has 4 amide bonds. The fourth-order valence-electron chi connectivity index (χ4n) is 7.22. The van der Waals surface area contributed by atoms with Crippen molar-refractivity contribution in [1.82, 2.24) is 9.80 Å². The van der Waals surface area contributed by atoms with Crippen molar-refractivity contribution < 1.29 is 28.1 Å². The third kappa shape index (κ3) is 3.17. The second-order valence-corrected chi connectivity index (χ2v) is 12.4. The minimum Gasteiger partial charge on any atom is -0.327 e. The lowest BCUT2D eigenvalue weighted by atomic mass is 9.40. The van der Waals surface area contributed by atoms with Crippen LogP contribution in [0, 0.1) is 47.3 Å². The fourth-order valence-corrected chi connectivity index (χ4v) is 7.22. The lowest BCUT2D eigenvalue weighted by Gasteiger charge is -2.60. The average Bonchev–Trinajstić information content (AvgIpc) is 3.15. The standard InChI is InChI=1S/C26H40N4O4/c1-7-29(3,4)13-11-27-23(31)19-15-9-10-16(20(19)24(27)32)18-17(15)21-22(18)26(34)28(25(21)33)12-14-30(5,6)8-2/h9-10,15-22H,7-8,11-14H2,1-6H3/q+2. The van der Waals surface area contributed by atoms with E-state index in [1.165, 1.54) is 9.80 Å². The van der Waals surface area contributed by atoms with Gasteiger partial charge in [-0.05, 0) is 37.5 Å². The Morgan fingerprint density at radius 2 is 0.941 bits per heavy atom. The molecule has 8 unspecified atom stereocenters. The van der Waals surface area contributed by atoms with Gasteiger partial charge in [0.25, 0.3) is 0 Å². The van der Waals surface area contributed by atoms with E-state index in [1.807, 2.05) is 0 Å². The molecule has 0 N–H and O–H groups in total. The molecular weight excluding hydrogens is 432 g/mol. The molecule has 2 saturated carbocycles. The first-order valence-electron chi connectivity index (χ1n) is 13.0. The largest absolute Gasteiger partial charge is 0.327 e. The molecule has 2 saturated heterocycles. The summed E-state index contributed by atoms with van der Waals surface area (Å²) in [5.74, 6) is -1.82. The Hall–Kier alpha value is -2.06. The lowest BCUT2D eigenvalue weighted by Crippen LogP contribution is -2.63. The molecule has 186 valence electrons. The molecule has 6 rings (SSSR count). The summed E-state index contributed by atoms with van der Waals surface area (Å²) in [6.45, 7) is 8.41. The Morgan fingerprint density at radius 3 is 1.26 bits per heavy atom. The highest BCUT2D eigenvalue weighted by Gasteiger charge is 2.74. The molecule has 4 fully saturated rings. The maximum absolute atomic E-state index is 13.5. The highest BCUT2D eigenvalue weighted by Crippen LogP contribution is 2.68. The highest BCUT2D eigenvalue weighted by molar-refractivity contribution is 6.09. The van der Waals surface area contributed by atoms with Crippen LogP contribution in [0.1, 0.15) is 13.8 Å². The van der Waals surface area contributed by atoms with Gasteiger partial charge in [-0.2, -0.15) is 0 Å². The van der Waals surface area contributed by atoms with Gasteiger partial charge in [-0.1, -0.05) is 12.2 Å². The predicted molar refractivity (Wildman–Crippen MR) is 126 cm³/mol. The maximum atomic E-state index is 13.5. The van der Waals surface area contributed by atoms with Crippen LogP contribution in [0.5, 0.6) is 0 Å².